The first-order valence-electron chi connectivity index (χ1n) is 4.45. The highest BCUT2D eigenvalue weighted by Crippen LogP contribution is 2.31. The fraction of sp³-hybridized carbons (Fsp3) is 0.222. The van der Waals surface area contributed by atoms with Crippen molar-refractivity contribution >= 4 is 49.4 Å². The summed E-state index contributed by atoms with van der Waals surface area (Å²) < 4.78 is 3.81. The van der Waals surface area contributed by atoms with Gasteiger partial charge in [-0.3, -0.25) is 0 Å². The zero-order chi connectivity index (χ0) is 11.7. The molecule has 0 saturated carbocycles. The fourth-order valence-electron chi connectivity index (χ4n) is 1.17. The summed E-state index contributed by atoms with van der Waals surface area (Å²) in [6.07, 6.45) is 1.80. The van der Waals surface area contributed by atoms with Crippen LogP contribution in [0.1, 0.15) is 16.5 Å². The minimum Gasteiger partial charge on any atom is -0.202 e. The first-order valence-corrected chi connectivity index (χ1v) is 6.86. The Morgan fingerprint density at radius 2 is 1.94 bits per heavy atom. The molecule has 0 saturated heterocycles. The Bertz CT molecular complexity index is 505. The Labute approximate surface area is 114 Å². The molecular weight excluding hydrogens is 356 g/mol. The van der Waals surface area contributed by atoms with Gasteiger partial charge in [-0.2, -0.15) is 5.10 Å². The quantitative estimate of drug-likeness (QED) is 0.767. The Morgan fingerprint density at radius 1 is 1.31 bits per heavy atom. The van der Waals surface area contributed by atoms with Gasteiger partial charge in [-0.15, -0.1) is 21.5 Å². The second-order valence-corrected chi connectivity index (χ2v) is 6.38. The average molecular weight is 364 g/mol. The predicted octanol–water partition coefficient (Wildman–Crippen LogP) is 3.36. The number of hydrogen-bond acceptors (Lipinski definition) is 4. The van der Waals surface area contributed by atoms with Crippen LogP contribution in [-0.4, -0.2) is 21.1 Å². The van der Waals surface area contributed by atoms with E-state index in [-0.39, 0.29) is 0 Å². The molecule has 0 aromatic carbocycles. The maximum atomic E-state index is 4.33. The molecule has 0 unspecified atom stereocenters. The van der Waals surface area contributed by atoms with Crippen LogP contribution in [0.3, 0.4) is 0 Å². The summed E-state index contributed by atoms with van der Waals surface area (Å²) in [5.41, 5.74) is 0. The lowest BCUT2D eigenvalue weighted by atomic mass is 10.5. The molecular formula is C9H8Br2N4S. The average Bonchev–Trinajstić information content (AvgIpc) is 2.70. The lowest BCUT2D eigenvalue weighted by molar-refractivity contribution is 0.799. The largest absolute Gasteiger partial charge is 0.202 e. The van der Waals surface area contributed by atoms with Crippen LogP contribution < -0.4 is 0 Å². The van der Waals surface area contributed by atoms with E-state index in [1.54, 1.807) is 22.2 Å². The minimum atomic E-state index is 0.781. The summed E-state index contributed by atoms with van der Waals surface area (Å²) in [6.45, 7) is 3.75. The fourth-order valence-corrected chi connectivity index (χ4v) is 3.13. The molecule has 4 nitrogen and oxygen atoms in total. The Morgan fingerprint density at radius 3 is 2.44 bits per heavy atom. The standard InChI is InChI=1S/C9H8Br2N4S/c1-5-13-14-6(2)15(5)12-4-7-3-8(10)9(11)16-7/h3-4H,1-2H3/b12-4-. The number of aryl methyl sites for hydroxylation is 2. The Balaban J connectivity index is 2.28. The van der Waals surface area contributed by atoms with Gasteiger partial charge in [0.25, 0.3) is 0 Å². The lowest BCUT2D eigenvalue weighted by Gasteiger charge is -1.95. The van der Waals surface area contributed by atoms with Crippen molar-refractivity contribution < 1.29 is 0 Å². The van der Waals surface area contributed by atoms with E-state index in [4.69, 9.17) is 0 Å². The van der Waals surface area contributed by atoms with Crippen LogP contribution in [0.15, 0.2) is 19.4 Å². The van der Waals surface area contributed by atoms with Crippen molar-refractivity contribution in [2.75, 3.05) is 0 Å². The summed E-state index contributed by atoms with van der Waals surface area (Å²) in [6, 6.07) is 2.01. The van der Waals surface area contributed by atoms with Crippen molar-refractivity contribution in [3.63, 3.8) is 0 Å². The second-order valence-electron chi connectivity index (χ2n) is 3.12. The SMILES string of the molecule is Cc1nnc(C)n1/N=C\c1cc(Br)c(Br)s1. The molecule has 2 rings (SSSR count). The number of thiophene rings is 1. The molecule has 0 spiro atoms. The van der Waals surface area contributed by atoms with Gasteiger partial charge in [0, 0.05) is 9.35 Å². The van der Waals surface area contributed by atoms with Gasteiger partial charge < -0.3 is 0 Å². The van der Waals surface area contributed by atoms with Crippen molar-refractivity contribution in [2.45, 2.75) is 13.8 Å². The summed E-state index contributed by atoms with van der Waals surface area (Å²) in [5, 5.41) is 12.2. The number of nitrogens with zero attached hydrogens (tertiary/aromatic N) is 4. The van der Waals surface area contributed by atoms with Crippen molar-refractivity contribution in [3.8, 4) is 0 Å². The van der Waals surface area contributed by atoms with Crippen LogP contribution in [0, 0.1) is 13.8 Å². The number of hydrogen-bond donors (Lipinski definition) is 0. The van der Waals surface area contributed by atoms with E-state index in [1.165, 1.54) is 0 Å². The molecule has 16 heavy (non-hydrogen) atoms. The maximum absolute atomic E-state index is 4.33. The van der Waals surface area contributed by atoms with E-state index in [0.29, 0.717) is 0 Å². The lowest BCUT2D eigenvalue weighted by Crippen LogP contribution is -1.95. The van der Waals surface area contributed by atoms with Crippen molar-refractivity contribution in [1.29, 1.82) is 0 Å². The zero-order valence-electron chi connectivity index (χ0n) is 8.61. The molecule has 0 amide bonds. The molecule has 0 aliphatic rings. The first kappa shape index (κ1) is 11.9. The molecule has 0 atom stereocenters. The van der Waals surface area contributed by atoms with Gasteiger partial charge in [-0.05, 0) is 51.8 Å². The molecule has 2 heterocycles. The Kier molecular flexibility index (Phi) is 3.56. The summed E-state index contributed by atoms with van der Waals surface area (Å²) >= 11 is 8.49. The van der Waals surface area contributed by atoms with Gasteiger partial charge in [0.15, 0.2) is 11.6 Å². The summed E-state index contributed by atoms with van der Waals surface area (Å²) in [5.74, 6) is 1.56. The van der Waals surface area contributed by atoms with Crippen LogP contribution in [0.2, 0.25) is 0 Å². The predicted molar refractivity (Wildman–Crippen MR) is 72.2 cm³/mol. The molecule has 7 heteroatoms. The molecule has 84 valence electrons. The topological polar surface area (TPSA) is 43.1 Å². The molecule has 0 bridgehead atoms. The number of rotatable bonds is 2. The third-order valence-corrected chi connectivity index (χ3v) is 5.11. The highest BCUT2D eigenvalue weighted by Gasteiger charge is 2.04. The van der Waals surface area contributed by atoms with Crippen molar-refractivity contribution in [3.05, 3.63) is 30.9 Å². The third-order valence-electron chi connectivity index (χ3n) is 1.92. The first-order chi connectivity index (χ1) is 7.58. The number of aromatic nitrogens is 3. The summed E-state index contributed by atoms with van der Waals surface area (Å²) in [4.78, 5) is 1.06. The third kappa shape index (κ3) is 2.41. The van der Waals surface area contributed by atoms with Gasteiger partial charge in [0.1, 0.15) is 0 Å². The molecule has 0 aliphatic heterocycles. The van der Waals surface area contributed by atoms with Gasteiger partial charge in [-0.1, -0.05) is 0 Å². The maximum Gasteiger partial charge on any atom is 0.151 e. The Hall–Kier alpha value is -0.530. The monoisotopic (exact) mass is 362 g/mol. The molecule has 2 aromatic heterocycles. The van der Waals surface area contributed by atoms with Gasteiger partial charge >= 0.3 is 0 Å². The van der Waals surface area contributed by atoms with Gasteiger partial charge in [0.05, 0.1) is 10.0 Å². The molecule has 0 aliphatic carbocycles. The van der Waals surface area contributed by atoms with Crippen molar-refractivity contribution in [1.82, 2.24) is 14.9 Å². The van der Waals surface area contributed by atoms with Crippen LogP contribution in [0.25, 0.3) is 0 Å². The van der Waals surface area contributed by atoms with E-state index in [9.17, 15) is 0 Å². The zero-order valence-corrected chi connectivity index (χ0v) is 12.6. The van der Waals surface area contributed by atoms with E-state index >= 15 is 0 Å². The highest BCUT2D eigenvalue weighted by atomic mass is 79.9. The minimum absolute atomic E-state index is 0.781. The van der Waals surface area contributed by atoms with Crippen molar-refractivity contribution in [2.24, 2.45) is 5.10 Å². The van der Waals surface area contributed by atoms with Gasteiger partial charge in [0.2, 0.25) is 0 Å². The van der Waals surface area contributed by atoms with E-state index in [2.05, 4.69) is 47.2 Å². The molecule has 0 N–H and O–H groups in total. The summed E-state index contributed by atoms with van der Waals surface area (Å²) in [7, 11) is 0. The van der Waals surface area contributed by atoms with Crippen LogP contribution in [-0.2, 0) is 0 Å². The van der Waals surface area contributed by atoms with Crippen LogP contribution >= 0.6 is 43.2 Å². The normalized spacial score (nSPS) is 11.5. The molecule has 0 fully saturated rings. The highest BCUT2D eigenvalue weighted by molar-refractivity contribution is 9.13. The molecule has 0 radical (unpaired) electrons. The van der Waals surface area contributed by atoms with E-state index < -0.39 is 0 Å². The molecule has 2 aromatic rings. The number of halogens is 2. The van der Waals surface area contributed by atoms with Crippen LogP contribution in [0.5, 0.6) is 0 Å². The van der Waals surface area contributed by atoms with E-state index in [1.807, 2.05) is 19.9 Å². The van der Waals surface area contributed by atoms with Gasteiger partial charge in [-0.25, -0.2) is 4.68 Å². The second kappa shape index (κ2) is 4.77. The van der Waals surface area contributed by atoms with E-state index in [0.717, 1.165) is 24.8 Å². The smallest absolute Gasteiger partial charge is 0.151 e. The van der Waals surface area contributed by atoms with Crippen LogP contribution in [0.4, 0.5) is 0 Å².